The topological polar surface area (TPSA) is 61.6 Å². The van der Waals surface area contributed by atoms with Gasteiger partial charge in [-0.25, -0.2) is 0 Å². The summed E-state index contributed by atoms with van der Waals surface area (Å²) >= 11 is 0. The van der Waals surface area contributed by atoms with Gasteiger partial charge in [0, 0.05) is 39.3 Å². The maximum Gasteiger partial charge on any atom is 0.240 e. The number of nitrogens with two attached hydrogens (primary N) is 1. The third-order valence-corrected chi connectivity index (χ3v) is 5.29. The molecule has 1 aliphatic carbocycles. The van der Waals surface area contributed by atoms with Gasteiger partial charge in [-0.05, 0) is 25.3 Å². The smallest absolute Gasteiger partial charge is 0.240 e. The van der Waals surface area contributed by atoms with E-state index in [1.807, 2.05) is 0 Å². The molecule has 5 nitrogen and oxygen atoms in total. The highest BCUT2D eigenvalue weighted by Crippen LogP contribution is 2.25. The second kappa shape index (κ2) is 13.4. The summed E-state index contributed by atoms with van der Waals surface area (Å²) in [6.07, 6.45) is 5.06. The predicted octanol–water partition coefficient (Wildman–Crippen LogP) is 2.30. The number of amides is 1. The van der Waals surface area contributed by atoms with Gasteiger partial charge in [0.15, 0.2) is 0 Å². The van der Waals surface area contributed by atoms with Gasteiger partial charge < -0.3 is 20.9 Å². The molecule has 0 radical (unpaired) electrons. The van der Waals surface area contributed by atoms with Gasteiger partial charge in [-0.3, -0.25) is 4.79 Å². The fourth-order valence-corrected chi connectivity index (χ4v) is 3.65. The fraction of sp³-hybridized carbons (Fsp3) is 0.941. The average molecular weight is 420 g/mol. The summed E-state index contributed by atoms with van der Waals surface area (Å²) < 4.78 is 0. The Morgan fingerprint density at radius 2 is 1.56 bits per heavy atom. The standard InChI is InChI=1S/C17H34N4O.3ClH/c1-3-20-9-11-21(12-10-20)14-15(2)13-19-16(22)17(18)7-5-4-6-8-17;;;/h15H,3-14,18H2,1-2H3,(H,19,22);3*1H. The minimum absolute atomic E-state index is 0. The van der Waals surface area contributed by atoms with Gasteiger partial charge in [-0.2, -0.15) is 0 Å². The Hall–Kier alpha value is 0.220. The van der Waals surface area contributed by atoms with Crippen LogP contribution in [0.4, 0.5) is 0 Å². The summed E-state index contributed by atoms with van der Waals surface area (Å²) in [5.41, 5.74) is 5.67. The SMILES string of the molecule is CCN1CCN(CC(C)CNC(=O)C2(N)CCCCC2)CC1.Cl.Cl.Cl. The van der Waals surface area contributed by atoms with E-state index in [9.17, 15) is 4.79 Å². The Kier molecular flexibility index (Phi) is 14.7. The van der Waals surface area contributed by atoms with Gasteiger partial charge in [0.05, 0.1) is 5.54 Å². The van der Waals surface area contributed by atoms with E-state index < -0.39 is 5.54 Å². The van der Waals surface area contributed by atoms with E-state index >= 15 is 0 Å². The van der Waals surface area contributed by atoms with Gasteiger partial charge in [-0.15, -0.1) is 37.2 Å². The molecule has 1 amide bonds. The lowest BCUT2D eigenvalue weighted by atomic mass is 9.82. The summed E-state index contributed by atoms with van der Waals surface area (Å²) in [5.74, 6) is 0.541. The molecule has 0 aromatic heterocycles. The molecular weight excluding hydrogens is 383 g/mol. The minimum Gasteiger partial charge on any atom is -0.354 e. The molecule has 25 heavy (non-hydrogen) atoms. The molecule has 8 heteroatoms. The van der Waals surface area contributed by atoms with Crippen molar-refractivity contribution >= 4 is 43.1 Å². The molecule has 152 valence electrons. The number of hydrogen-bond donors (Lipinski definition) is 2. The molecule has 1 heterocycles. The lowest BCUT2D eigenvalue weighted by Crippen LogP contribution is -2.56. The van der Waals surface area contributed by atoms with Crippen LogP contribution in [0.3, 0.4) is 0 Å². The van der Waals surface area contributed by atoms with E-state index in [0.717, 1.165) is 58.4 Å². The molecule has 2 aliphatic rings. The maximum atomic E-state index is 12.3. The maximum absolute atomic E-state index is 12.3. The summed E-state index contributed by atoms with van der Waals surface area (Å²) in [7, 11) is 0. The number of carbonyl (C=O) groups is 1. The number of halogens is 3. The zero-order chi connectivity index (χ0) is 16.0. The van der Waals surface area contributed by atoms with Gasteiger partial charge in [0.2, 0.25) is 5.91 Å². The average Bonchev–Trinajstić information content (AvgIpc) is 2.54. The van der Waals surface area contributed by atoms with E-state index in [1.165, 1.54) is 19.5 Å². The van der Waals surface area contributed by atoms with Crippen molar-refractivity contribution in [1.29, 1.82) is 0 Å². The molecule has 1 aliphatic heterocycles. The first-order chi connectivity index (χ1) is 10.5. The first-order valence-corrected chi connectivity index (χ1v) is 9.05. The van der Waals surface area contributed by atoms with Crippen molar-refractivity contribution in [2.24, 2.45) is 11.7 Å². The number of nitrogens with zero attached hydrogens (tertiary/aromatic N) is 2. The third-order valence-electron chi connectivity index (χ3n) is 5.29. The molecule has 0 bridgehead atoms. The molecular formula is C17H37Cl3N4O. The zero-order valence-electron chi connectivity index (χ0n) is 15.7. The number of nitrogens with one attached hydrogen (secondary N) is 1. The first-order valence-electron chi connectivity index (χ1n) is 9.05. The highest BCUT2D eigenvalue weighted by atomic mass is 35.5. The van der Waals surface area contributed by atoms with E-state index in [4.69, 9.17) is 5.73 Å². The van der Waals surface area contributed by atoms with Crippen LogP contribution in [0.5, 0.6) is 0 Å². The lowest BCUT2D eigenvalue weighted by Gasteiger charge is -2.36. The Morgan fingerprint density at radius 3 is 2.08 bits per heavy atom. The van der Waals surface area contributed by atoms with Gasteiger partial charge in [0.1, 0.15) is 0 Å². The second-order valence-electron chi connectivity index (χ2n) is 7.27. The third kappa shape index (κ3) is 8.63. The molecule has 2 rings (SSSR count). The Bertz CT molecular complexity index is 360. The van der Waals surface area contributed by atoms with Crippen LogP contribution in [0.2, 0.25) is 0 Å². The fourth-order valence-electron chi connectivity index (χ4n) is 3.65. The number of piperazine rings is 1. The quantitative estimate of drug-likeness (QED) is 0.693. The molecule has 1 unspecified atom stereocenters. The highest BCUT2D eigenvalue weighted by molar-refractivity contribution is 5.86. The number of likely N-dealkylation sites (N-methyl/N-ethyl adjacent to an activating group) is 1. The van der Waals surface area contributed by atoms with Gasteiger partial charge in [-0.1, -0.05) is 33.1 Å². The van der Waals surface area contributed by atoms with Crippen LogP contribution in [0, 0.1) is 5.92 Å². The van der Waals surface area contributed by atoms with Crippen LogP contribution in [-0.2, 0) is 4.79 Å². The van der Waals surface area contributed by atoms with Crippen molar-refractivity contribution in [3.63, 3.8) is 0 Å². The number of hydrogen-bond acceptors (Lipinski definition) is 4. The number of carbonyl (C=O) groups excluding carboxylic acids is 1. The molecule has 3 N–H and O–H groups in total. The Morgan fingerprint density at radius 1 is 1.04 bits per heavy atom. The van der Waals surface area contributed by atoms with Crippen molar-refractivity contribution < 1.29 is 4.79 Å². The van der Waals surface area contributed by atoms with Crippen molar-refractivity contribution in [2.75, 3.05) is 45.8 Å². The van der Waals surface area contributed by atoms with Crippen LogP contribution < -0.4 is 11.1 Å². The largest absolute Gasteiger partial charge is 0.354 e. The van der Waals surface area contributed by atoms with Crippen molar-refractivity contribution in [1.82, 2.24) is 15.1 Å². The van der Waals surface area contributed by atoms with Crippen molar-refractivity contribution in [2.45, 2.75) is 51.5 Å². The van der Waals surface area contributed by atoms with E-state index in [-0.39, 0.29) is 43.1 Å². The van der Waals surface area contributed by atoms with Crippen LogP contribution in [0.15, 0.2) is 0 Å². The summed E-state index contributed by atoms with van der Waals surface area (Å²) in [6, 6.07) is 0. The van der Waals surface area contributed by atoms with Crippen molar-refractivity contribution in [3.8, 4) is 0 Å². The van der Waals surface area contributed by atoms with Gasteiger partial charge in [0.25, 0.3) is 0 Å². The first kappa shape index (κ1) is 27.4. The molecule has 0 spiro atoms. The monoisotopic (exact) mass is 418 g/mol. The lowest BCUT2D eigenvalue weighted by molar-refractivity contribution is -0.127. The van der Waals surface area contributed by atoms with Crippen LogP contribution in [0.1, 0.15) is 46.0 Å². The van der Waals surface area contributed by atoms with E-state index in [1.54, 1.807) is 0 Å². The summed E-state index contributed by atoms with van der Waals surface area (Å²) in [4.78, 5) is 17.3. The van der Waals surface area contributed by atoms with Gasteiger partial charge >= 0.3 is 0 Å². The Labute approximate surface area is 172 Å². The highest BCUT2D eigenvalue weighted by Gasteiger charge is 2.35. The summed E-state index contributed by atoms with van der Waals surface area (Å²) in [6.45, 7) is 12.0. The minimum atomic E-state index is -0.606. The number of rotatable bonds is 6. The molecule has 0 aromatic rings. The molecule has 2 fully saturated rings. The van der Waals surface area contributed by atoms with E-state index in [2.05, 4.69) is 29.0 Å². The Balaban J connectivity index is 0. The van der Waals surface area contributed by atoms with E-state index in [0.29, 0.717) is 5.92 Å². The summed E-state index contributed by atoms with van der Waals surface area (Å²) in [5, 5.41) is 3.10. The van der Waals surface area contributed by atoms with Crippen LogP contribution in [0.25, 0.3) is 0 Å². The molecule has 1 saturated heterocycles. The second-order valence-corrected chi connectivity index (χ2v) is 7.27. The zero-order valence-corrected chi connectivity index (χ0v) is 18.1. The molecule has 0 aromatic carbocycles. The predicted molar refractivity (Wildman–Crippen MR) is 112 cm³/mol. The van der Waals surface area contributed by atoms with Crippen LogP contribution in [-0.4, -0.2) is 67.1 Å². The normalized spacial score (nSPS) is 21.9. The van der Waals surface area contributed by atoms with Crippen molar-refractivity contribution in [3.05, 3.63) is 0 Å². The van der Waals surface area contributed by atoms with Crippen LogP contribution >= 0.6 is 37.2 Å². The molecule has 1 atom stereocenters. The molecule has 1 saturated carbocycles.